The van der Waals surface area contributed by atoms with Crippen molar-refractivity contribution in [3.63, 3.8) is 0 Å². The summed E-state index contributed by atoms with van der Waals surface area (Å²) in [7, 11) is 0. The lowest BCUT2D eigenvalue weighted by molar-refractivity contribution is 0.589. The maximum atomic E-state index is 4.39. The van der Waals surface area contributed by atoms with Crippen LogP contribution in [0.15, 0.2) is 30.5 Å². The first-order valence-electron chi connectivity index (χ1n) is 7.25. The summed E-state index contributed by atoms with van der Waals surface area (Å²) in [5.41, 5.74) is 2.57. The topological polar surface area (TPSA) is 94.7 Å². The minimum absolute atomic E-state index is 0.586. The van der Waals surface area contributed by atoms with Crippen molar-refractivity contribution in [2.45, 2.75) is 0 Å². The van der Waals surface area contributed by atoms with E-state index in [1.807, 2.05) is 30.5 Å². The van der Waals surface area contributed by atoms with Crippen molar-refractivity contribution in [2.75, 3.05) is 36.4 Å². The van der Waals surface area contributed by atoms with Gasteiger partial charge < -0.3 is 15.5 Å². The number of pyridine rings is 2. The van der Waals surface area contributed by atoms with Crippen LogP contribution in [0.4, 0.5) is 17.3 Å². The van der Waals surface area contributed by atoms with Crippen LogP contribution >= 0.6 is 0 Å². The van der Waals surface area contributed by atoms with Crippen LogP contribution in [0, 0.1) is 0 Å². The third kappa shape index (κ3) is 2.56. The fourth-order valence-corrected chi connectivity index (χ4v) is 2.55. The number of aromatic amines is 1. The summed E-state index contributed by atoms with van der Waals surface area (Å²) in [5, 5.41) is 17.0. The summed E-state index contributed by atoms with van der Waals surface area (Å²) < 4.78 is 0. The Balaban J connectivity index is 1.56. The van der Waals surface area contributed by atoms with Gasteiger partial charge in [0.05, 0.1) is 0 Å². The van der Waals surface area contributed by atoms with Crippen LogP contribution in [0.1, 0.15) is 0 Å². The molecule has 0 aromatic carbocycles. The standard InChI is InChI=1S/C14H16N8/c1-2-12(18-14-11(1)19-21-20-14)17-13-9-10(3-4-16-13)22-7-5-15-6-8-22/h1-4,9,15H,5-8H2,(H2,16,17,18,19,20,21). The molecule has 1 fully saturated rings. The van der Waals surface area contributed by atoms with Crippen molar-refractivity contribution >= 4 is 28.5 Å². The average molecular weight is 296 g/mol. The lowest BCUT2D eigenvalue weighted by Gasteiger charge is -2.29. The van der Waals surface area contributed by atoms with E-state index in [4.69, 9.17) is 0 Å². The number of fused-ring (bicyclic) bond motifs is 1. The second kappa shape index (κ2) is 5.57. The van der Waals surface area contributed by atoms with Gasteiger partial charge in [-0.15, -0.1) is 5.10 Å². The molecule has 8 nitrogen and oxygen atoms in total. The van der Waals surface area contributed by atoms with Crippen molar-refractivity contribution < 1.29 is 0 Å². The summed E-state index contributed by atoms with van der Waals surface area (Å²) in [5.74, 6) is 1.47. The zero-order valence-corrected chi connectivity index (χ0v) is 12.0. The van der Waals surface area contributed by atoms with Gasteiger partial charge in [-0.3, -0.25) is 5.10 Å². The van der Waals surface area contributed by atoms with Gasteiger partial charge in [0.15, 0.2) is 0 Å². The Morgan fingerprint density at radius 1 is 1.09 bits per heavy atom. The van der Waals surface area contributed by atoms with E-state index in [9.17, 15) is 0 Å². The van der Waals surface area contributed by atoms with Gasteiger partial charge in [-0.25, -0.2) is 9.97 Å². The highest BCUT2D eigenvalue weighted by Crippen LogP contribution is 2.20. The second-order valence-electron chi connectivity index (χ2n) is 5.14. The molecule has 0 radical (unpaired) electrons. The fourth-order valence-electron chi connectivity index (χ4n) is 2.55. The van der Waals surface area contributed by atoms with Gasteiger partial charge in [0.2, 0.25) is 5.65 Å². The number of hydrogen-bond donors (Lipinski definition) is 3. The fraction of sp³-hybridized carbons (Fsp3) is 0.286. The van der Waals surface area contributed by atoms with Crippen LogP contribution in [0.3, 0.4) is 0 Å². The molecule has 0 bridgehead atoms. The Bertz CT molecular complexity index is 777. The number of aromatic nitrogens is 5. The number of nitrogens with zero attached hydrogens (tertiary/aromatic N) is 5. The first-order chi connectivity index (χ1) is 10.9. The number of nitrogens with one attached hydrogen (secondary N) is 3. The maximum Gasteiger partial charge on any atom is 0.203 e. The Kier molecular flexibility index (Phi) is 3.28. The molecule has 0 atom stereocenters. The molecule has 1 aliphatic rings. The first kappa shape index (κ1) is 13.0. The molecule has 3 N–H and O–H groups in total. The average Bonchev–Trinajstić information content (AvgIpc) is 3.04. The zero-order valence-electron chi connectivity index (χ0n) is 12.0. The highest BCUT2D eigenvalue weighted by Gasteiger charge is 2.11. The molecule has 4 heterocycles. The summed E-state index contributed by atoms with van der Waals surface area (Å²) in [6.07, 6.45) is 1.81. The molecular weight excluding hydrogens is 280 g/mol. The van der Waals surface area contributed by atoms with Crippen molar-refractivity contribution in [3.05, 3.63) is 30.5 Å². The predicted molar refractivity (Wildman–Crippen MR) is 84.3 cm³/mol. The molecule has 0 spiro atoms. The molecule has 1 aliphatic heterocycles. The van der Waals surface area contributed by atoms with E-state index in [2.05, 4.69) is 40.9 Å². The molecule has 3 aromatic heterocycles. The molecular formula is C14H16N8. The third-order valence-corrected chi connectivity index (χ3v) is 3.67. The summed E-state index contributed by atoms with van der Waals surface area (Å²) >= 11 is 0. The lowest BCUT2D eigenvalue weighted by Crippen LogP contribution is -2.43. The van der Waals surface area contributed by atoms with Gasteiger partial charge in [-0.2, -0.15) is 0 Å². The van der Waals surface area contributed by atoms with Crippen LogP contribution in [-0.2, 0) is 0 Å². The van der Waals surface area contributed by atoms with Gasteiger partial charge in [0, 0.05) is 44.1 Å². The summed E-state index contributed by atoms with van der Waals surface area (Å²) in [6.45, 7) is 4.03. The Morgan fingerprint density at radius 3 is 2.91 bits per heavy atom. The molecule has 4 rings (SSSR count). The Morgan fingerprint density at radius 2 is 2.00 bits per heavy atom. The highest BCUT2D eigenvalue weighted by molar-refractivity contribution is 5.72. The largest absolute Gasteiger partial charge is 0.369 e. The predicted octanol–water partition coefficient (Wildman–Crippen LogP) is 0.901. The van der Waals surface area contributed by atoms with Crippen LogP contribution in [0.5, 0.6) is 0 Å². The van der Waals surface area contributed by atoms with E-state index in [0.717, 1.165) is 37.5 Å². The first-order valence-corrected chi connectivity index (χ1v) is 7.25. The smallest absolute Gasteiger partial charge is 0.203 e. The molecule has 8 heteroatoms. The van der Waals surface area contributed by atoms with E-state index in [-0.39, 0.29) is 0 Å². The van der Waals surface area contributed by atoms with Gasteiger partial charge in [0.1, 0.15) is 17.2 Å². The van der Waals surface area contributed by atoms with Crippen molar-refractivity contribution in [3.8, 4) is 0 Å². The monoisotopic (exact) mass is 296 g/mol. The van der Waals surface area contributed by atoms with Crippen molar-refractivity contribution in [2.24, 2.45) is 0 Å². The number of H-pyrrole nitrogens is 1. The highest BCUT2D eigenvalue weighted by atomic mass is 15.3. The molecule has 22 heavy (non-hydrogen) atoms. The minimum atomic E-state index is 0.586. The maximum absolute atomic E-state index is 4.39. The molecule has 112 valence electrons. The Labute approximate surface area is 127 Å². The molecule has 0 aliphatic carbocycles. The van der Waals surface area contributed by atoms with Crippen LogP contribution in [-0.4, -0.2) is 51.6 Å². The van der Waals surface area contributed by atoms with Crippen LogP contribution in [0.25, 0.3) is 11.2 Å². The molecule has 0 unspecified atom stereocenters. The Hall–Kier alpha value is -2.74. The van der Waals surface area contributed by atoms with Gasteiger partial charge >= 0.3 is 0 Å². The number of piperazine rings is 1. The van der Waals surface area contributed by atoms with Gasteiger partial charge in [-0.05, 0) is 18.2 Å². The van der Waals surface area contributed by atoms with E-state index in [0.29, 0.717) is 11.5 Å². The van der Waals surface area contributed by atoms with Crippen LogP contribution in [0.2, 0.25) is 0 Å². The van der Waals surface area contributed by atoms with Gasteiger partial charge in [0.25, 0.3) is 0 Å². The molecule has 3 aromatic rings. The lowest BCUT2D eigenvalue weighted by atomic mass is 10.3. The van der Waals surface area contributed by atoms with E-state index in [1.54, 1.807) is 0 Å². The van der Waals surface area contributed by atoms with Crippen molar-refractivity contribution in [1.29, 1.82) is 0 Å². The molecule has 1 saturated heterocycles. The number of hydrogen-bond acceptors (Lipinski definition) is 7. The van der Waals surface area contributed by atoms with E-state index in [1.165, 1.54) is 5.69 Å². The second-order valence-corrected chi connectivity index (χ2v) is 5.14. The SMILES string of the molecule is c1cc(N2CCNCC2)cc(Nc2ccc3[nH]nnc3n2)n1. The third-order valence-electron chi connectivity index (χ3n) is 3.67. The molecule has 0 amide bonds. The molecule has 0 saturated carbocycles. The van der Waals surface area contributed by atoms with E-state index >= 15 is 0 Å². The van der Waals surface area contributed by atoms with Crippen molar-refractivity contribution in [1.82, 2.24) is 30.7 Å². The van der Waals surface area contributed by atoms with Gasteiger partial charge in [-0.1, -0.05) is 5.21 Å². The number of rotatable bonds is 3. The number of anilines is 3. The van der Waals surface area contributed by atoms with Crippen LogP contribution < -0.4 is 15.5 Å². The minimum Gasteiger partial charge on any atom is -0.369 e. The summed E-state index contributed by atoms with van der Waals surface area (Å²) in [6, 6.07) is 7.84. The zero-order chi connectivity index (χ0) is 14.8. The quantitative estimate of drug-likeness (QED) is 0.661. The summed E-state index contributed by atoms with van der Waals surface area (Å²) in [4.78, 5) is 11.1. The van der Waals surface area contributed by atoms with E-state index < -0.39 is 0 Å². The normalized spacial score (nSPS) is 15.2.